The highest BCUT2D eigenvalue weighted by molar-refractivity contribution is 5.77. The molecule has 110 valence electrons. The highest BCUT2D eigenvalue weighted by atomic mass is 16.5. The number of aldehydes is 1. The van der Waals surface area contributed by atoms with Gasteiger partial charge in [0.1, 0.15) is 18.6 Å². The van der Waals surface area contributed by atoms with Crippen molar-refractivity contribution < 1.29 is 9.53 Å². The fourth-order valence-corrected chi connectivity index (χ4v) is 2.32. The molecule has 0 heterocycles. The summed E-state index contributed by atoms with van der Waals surface area (Å²) >= 11 is 0. The van der Waals surface area contributed by atoms with Crippen LogP contribution in [-0.2, 0) is 6.61 Å². The summed E-state index contributed by atoms with van der Waals surface area (Å²) in [5.74, 6) is 0.909. The summed E-state index contributed by atoms with van der Waals surface area (Å²) in [5.41, 5.74) is 5.08. The van der Waals surface area contributed by atoms with Crippen molar-refractivity contribution in [2.75, 3.05) is 0 Å². The van der Waals surface area contributed by atoms with Crippen LogP contribution in [0.15, 0.2) is 49.6 Å². The van der Waals surface area contributed by atoms with Gasteiger partial charge >= 0.3 is 0 Å². The topological polar surface area (TPSA) is 26.3 Å². The maximum atomic E-state index is 11.0. The SMILES string of the molecule is C=C.Cc1cc(C)c(OCc2ccccc2C=O)c(C)c1. The van der Waals surface area contributed by atoms with E-state index in [0.29, 0.717) is 12.2 Å². The van der Waals surface area contributed by atoms with Crippen molar-refractivity contribution in [2.45, 2.75) is 27.4 Å². The first-order valence-corrected chi connectivity index (χ1v) is 6.85. The Labute approximate surface area is 127 Å². The van der Waals surface area contributed by atoms with Crippen LogP contribution < -0.4 is 4.74 Å². The van der Waals surface area contributed by atoms with Crippen molar-refractivity contribution in [3.63, 3.8) is 0 Å². The molecule has 2 nitrogen and oxygen atoms in total. The first-order valence-electron chi connectivity index (χ1n) is 6.85. The van der Waals surface area contributed by atoms with Gasteiger partial charge in [-0.3, -0.25) is 4.79 Å². The summed E-state index contributed by atoms with van der Waals surface area (Å²) in [6.07, 6.45) is 0.869. The number of hydrogen-bond donors (Lipinski definition) is 0. The van der Waals surface area contributed by atoms with Crippen LogP contribution >= 0.6 is 0 Å². The van der Waals surface area contributed by atoms with E-state index in [1.807, 2.05) is 32.0 Å². The predicted molar refractivity (Wildman–Crippen MR) is 88.1 cm³/mol. The number of benzene rings is 2. The van der Waals surface area contributed by atoms with Crippen molar-refractivity contribution in [2.24, 2.45) is 0 Å². The second kappa shape index (κ2) is 8.05. The summed E-state index contributed by atoms with van der Waals surface area (Å²) in [6.45, 7) is 12.6. The molecule has 0 aliphatic rings. The monoisotopic (exact) mass is 282 g/mol. The number of carbonyl (C=O) groups is 1. The molecule has 0 bridgehead atoms. The largest absolute Gasteiger partial charge is 0.488 e. The van der Waals surface area contributed by atoms with Crippen molar-refractivity contribution in [1.29, 1.82) is 0 Å². The van der Waals surface area contributed by atoms with Gasteiger partial charge in [0.2, 0.25) is 0 Å². The van der Waals surface area contributed by atoms with E-state index in [4.69, 9.17) is 4.74 Å². The molecule has 2 heteroatoms. The average molecular weight is 282 g/mol. The van der Waals surface area contributed by atoms with Gasteiger partial charge < -0.3 is 4.74 Å². The molecule has 2 aromatic rings. The second-order valence-electron chi connectivity index (χ2n) is 4.83. The molecular weight excluding hydrogens is 260 g/mol. The third-order valence-corrected chi connectivity index (χ3v) is 3.16. The van der Waals surface area contributed by atoms with Crippen LogP contribution in [0, 0.1) is 20.8 Å². The normalized spacial score (nSPS) is 9.48. The Bertz CT molecular complexity index is 592. The molecule has 21 heavy (non-hydrogen) atoms. The Kier molecular flexibility index (Phi) is 6.41. The number of rotatable bonds is 4. The number of carbonyl (C=O) groups excluding carboxylic acids is 1. The lowest BCUT2D eigenvalue weighted by atomic mass is 10.1. The Morgan fingerprint density at radius 1 is 1.05 bits per heavy atom. The molecule has 0 fully saturated rings. The second-order valence-corrected chi connectivity index (χ2v) is 4.83. The van der Waals surface area contributed by atoms with Gasteiger partial charge in [-0.2, -0.15) is 0 Å². The number of ether oxygens (including phenoxy) is 1. The minimum atomic E-state index is 0.416. The minimum Gasteiger partial charge on any atom is -0.488 e. The maximum absolute atomic E-state index is 11.0. The minimum absolute atomic E-state index is 0.416. The third kappa shape index (κ3) is 4.32. The van der Waals surface area contributed by atoms with E-state index in [1.54, 1.807) is 6.07 Å². The Hall–Kier alpha value is -2.35. The quantitative estimate of drug-likeness (QED) is 0.594. The van der Waals surface area contributed by atoms with Gasteiger partial charge in [-0.05, 0) is 37.5 Å². The zero-order chi connectivity index (χ0) is 15.8. The lowest BCUT2D eigenvalue weighted by Gasteiger charge is -2.14. The maximum Gasteiger partial charge on any atom is 0.150 e. The molecule has 2 aromatic carbocycles. The standard InChI is InChI=1S/C17H18O2.C2H4/c1-12-8-13(2)17(14(3)9-12)19-11-16-7-5-4-6-15(16)10-18;1-2/h4-10H,11H2,1-3H3;1-2H2. The molecule has 0 aliphatic carbocycles. The predicted octanol–water partition coefficient (Wildman–Crippen LogP) is 4.81. The van der Waals surface area contributed by atoms with Crippen molar-refractivity contribution in [3.05, 3.63) is 77.4 Å². The Balaban J connectivity index is 0.00000106. The molecule has 0 aromatic heterocycles. The Morgan fingerprint density at radius 3 is 2.19 bits per heavy atom. The summed E-state index contributed by atoms with van der Waals surface area (Å²) in [5, 5.41) is 0. The van der Waals surface area contributed by atoms with Gasteiger partial charge in [-0.15, -0.1) is 13.2 Å². The highest BCUT2D eigenvalue weighted by Gasteiger charge is 2.07. The molecule has 0 radical (unpaired) electrons. The molecule has 2 rings (SSSR count). The lowest BCUT2D eigenvalue weighted by molar-refractivity contribution is 0.112. The van der Waals surface area contributed by atoms with E-state index in [0.717, 1.165) is 28.7 Å². The van der Waals surface area contributed by atoms with E-state index in [9.17, 15) is 4.79 Å². The summed E-state index contributed by atoms with van der Waals surface area (Å²) in [6, 6.07) is 11.7. The molecule has 0 spiro atoms. The smallest absolute Gasteiger partial charge is 0.150 e. The summed E-state index contributed by atoms with van der Waals surface area (Å²) in [4.78, 5) is 11.0. The van der Waals surface area contributed by atoms with Crippen LogP contribution in [0.1, 0.15) is 32.6 Å². The fraction of sp³-hybridized carbons (Fsp3) is 0.211. The van der Waals surface area contributed by atoms with Crippen LogP contribution in [0.25, 0.3) is 0 Å². The van der Waals surface area contributed by atoms with Crippen molar-refractivity contribution in [3.8, 4) is 5.75 Å². The van der Waals surface area contributed by atoms with Gasteiger partial charge in [-0.25, -0.2) is 0 Å². The van der Waals surface area contributed by atoms with Crippen LogP contribution in [0.5, 0.6) is 5.75 Å². The molecule has 0 aliphatic heterocycles. The van der Waals surface area contributed by atoms with Gasteiger partial charge in [0, 0.05) is 5.56 Å². The third-order valence-electron chi connectivity index (χ3n) is 3.16. The fourth-order valence-electron chi connectivity index (χ4n) is 2.32. The van der Waals surface area contributed by atoms with Gasteiger partial charge in [-0.1, -0.05) is 42.0 Å². The van der Waals surface area contributed by atoms with Crippen LogP contribution in [0.2, 0.25) is 0 Å². The van der Waals surface area contributed by atoms with Crippen LogP contribution in [0.4, 0.5) is 0 Å². The van der Waals surface area contributed by atoms with Crippen molar-refractivity contribution >= 4 is 6.29 Å². The summed E-state index contributed by atoms with van der Waals surface area (Å²) < 4.78 is 5.89. The molecular formula is C19H22O2. The number of aryl methyl sites for hydroxylation is 3. The molecule has 0 amide bonds. The van der Waals surface area contributed by atoms with Gasteiger partial charge in [0.25, 0.3) is 0 Å². The number of hydrogen-bond acceptors (Lipinski definition) is 2. The van der Waals surface area contributed by atoms with Crippen LogP contribution in [-0.4, -0.2) is 6.29 Å². The van der Waals surface area contributed by atoms with E-state index in [1.165, 1.54) is 5.56 Å². The molecule has 0 saturated carbocycles. The van der Waals surface area contributed by atoms with E-state index in [-0.39, 0.29) is 0 Å². The van der Waals surface area contributed by atoms with E-state index in [2.05, 4.69) is 32.2 Å². The Morgan fingerprint density at radius 2 is 1.62 bits per heavy atom. The first kappa shape index (κ1) is 16.7. The molecule has 0 N–H and O–H groups in total. The zero-order valence-electron chi connectivity index (χ0n) is 13.0. The van der Waals surface area contributed by atoms with Gasteiger partial charge in [0.05, 0.1) is 0 Å². The molecule has 0 unspecified atom stereocenters. The first-order chi connectivity index (χ1) is 10.1. The molecule has 0 saturated heterocycles. The van der Waals surface area contributed by atoms with Crippen LogP contribution in [0.3, 0.4) is 0 Å². The van der Waals surface area contributed by atoms with E-state index < -0.39 is 0 Å². The van der Waals surface area contributed by atoms with Gasteiger partial charge in [0.15, 0.2) is 0 Å². The molecule has 0 atom stereocenters. The summed E-state index contributed by atoms with van der Waals surface area (Å²) in [7, 11) is 0. The van der Waals surface area contributed by atoms with E-state index >= 15 is 0 Å². The zero-order valence-corrected chi connectivity index (χ0v) is 13.0. The highest BCUT2D eigenvalue weighted by Crippen LogP contribution is 2.25. The van der Waals surface area contributed by atoms with Crippen molar-refractivity contribution in [1.82, 2.24) is 0 Å². The lowest BCUT2D eigenvalue weighted by Crippen LogP contribution is -2.02. The average Bonchev–Trinajstić information content (AvgIpc) is 2.48.